The van der Waals surface area contributed by atoms with E-state index in [-0.39, 0.29) is 31.1 Å². The van der Waals surface area contributed by atoms with Gasteiger partial charge in [0.25, 0.3) is 5.91 Å². The van der Waals surface area contributed by atoms with Crippen LogP contribution in [0, 0.1) is 11.3 Å². The van der Waals surface area contributed by atoms with Crippen LogP contribution in [0.3, 0.4) is 0 Å². The molecular weight excluding hydrogens is 370 g/mol. The van der Waals surface area contributed by atoms with Crippen LogP contribution in [-0.4, -0.2) is 47.1 Å². The van der Waals surface area contributed by atoms with E-state index in [1.807, 2.05) is 32.0 Å². The Kier molecular flexibility index (Phi) is 6.27. The van der Waals surface area contributed by atoms with Gasteiger partial charge in [0.1, 0.15) is 12.7 Å². The SMILES string of the molecule is CC(C)N1C(=O)COC(c2ccc(NC(=O)c3cccc(C#N)c3)cc2)C1CO. The third-order valence-corrected chi connectivity index (χ3v) is 4.88. The largest absolute Gasteiger partial charge is 0.394 e. The fourth-order valence-electron chi connectivity index (χ4n) is 3.54. The smallest absolute Gasteiger partial charge is 0.255 e. The van der Waals surface area contributed by atoms with Crippen LogP contribution in [-0.2, 0) is 9.53 Å². The van der Waals surface area contributed by atoms with Gasteiger partial charge in [-0.3, -0.25) is 9.59 Å². The summed E-state index contributed by atoms with van der Waals surface area (Å²) < 4.78 is 5.71. The minimum absolute atomic E-state index is 0.0347. The van der Waals surface area contributed by atoms with E-state index in [0.29, 0.717) is 16.8 Å². The Balaban J connectivity index is 1.75. The molecule has 7 heteroatoms. The Labute approximate surface area is 169 Å². The number of nitriles is 1. The molecule has 0 spiro atoms. The van der Waals surface area contributed by atoms with Gasteiger partial charge in [-0.2, -0.15) is 5.26 Å². The lowest BCUT2D eigenvalue weighted by Crippen LogP contribution is -2.55. The number of nitrogens with one attached hydrogen (secondary N) is 1. The number of anilines is 1. The molecular formula is C22H23N3O4. The van der Waals surface area contributed by atoms with Crippen molar-refractivity contribution in [2.75, 3.05) is 18.5 Å². The Hall–Kier alpha value is -3.21. The number of amides is 2. The predicted molar refractivity (Wildman–Crippen MR) is 107 cm³/mol. The molecule has 0 saturated carbocycles. The standard InChI is InChI=1S/C22H23N3O4/c1-14(2)25-19(12-26)21(29-13-20(25)27)16-6-8-18(9-7-16)24-22(28)17-5-3-4-15(10-17)11-23/h3-10,14,19,21,26H,12-13H2,1-2H3,(H,24,28). The van der Waals surface area contributed by atoms with Gasteiger partial charge >= 0.3 is 0 Å². The summed E-state index contributed by atoms with van der Waals surface area (Å²) in [5, 5.41) is 21.6. The first-order chi connectivity index (χ1) is 13.9. The highest BCUT2D eigenvalue weighted by Crippen LogP contribution is 2.31. The van der Waals surface area contributed by atoms with Crippen molar-refractivity contribution >= 4 is 17.5 Å². The molecule has 3 rings (SSSR count). The van der Waals surface area contributed by atoms with E-state index in [1.54, 1.807) is 35.2 Å². The third kappa shape index (κ3) is 4.45. The molecule has 2 aromatic rings. The van der Waals surface area contributed by atoms with E-state index in [1.165, 1.54) is 6.07 Å². The van der Waals surface area contributed by atoms with Crippen LogP contribution in [0.5, 0.6) is 0 Å². The lowest BCUT2D eigenvalue weighted by Gasteiger charge is -2.42. The molecule has 29 heavy (non-hydrogen) atoms. The van der Waals surface area contributed by atoms with Crippen molar-refractivity contribution < 1.29 is 19.4 Å². The summed E-state index contributed by atoms with van der Waals surface area (Å²) in [6.07, 6.45) is -0.447. The molecule has 2 unspecified atom stereocenters. The first-order valence-corrected chi connectivity index (χ1v) is 9.39. The minimum Gasteiger partial charge on any atom is -0.394 e. The van der Waals surface area contributed by atoms with E-state index in [4.69, 9.17) is 10.00 Å². The highest BCUT2D eigenvalue weighted by Gasteiger charge is 2.38. The quantitative estimate of drug-likeness (QED) is 0.812. The van der Waals surface area contributed by atoms with Gasteiger partial charge in [-0.1, -0.05) is 18.2 Å². The van der Waals surface area contributed by atoms with E-state index in [9.17, 15) is 14.7 Å². The van der Waals surface area contributed by atoms with Crippen LogP contribution >= 0.6 is 0 Å². The highest BCUT2D eigenvalue weighted by atomic mass is 16.5. The summed E-state index contributed by atoms with van der Waals surface area (Å²) >= 11 is 0. The van der Waals surface area contributed by atoms with Crippen molar-refractivity contribution in [2.24, 2.45) is 0 Å². The first kappa shape index (κ1) is 20.5. The topological polar surface area (TPSA) is 103 Å². The molecule has 0 aromatic heterocycles. The predicted octanol–water partition coefficient (Wildman–Crippen LogP) is 2.48. The van der Waals surface area contributed by atoms with E-state index in [2.05, 4.69) is 5.32 Å². The van der Waals surface area contributed by atoms with Crippen LogP contribution in [0.25, 0.3) is 0 Å². The van der Waals surface area contributed by atoms with Crippen molar-refractivity contribution in [1.29, 1.82) is 5.26 Å². The molecule has 1 heterocycles. The van der Waals surface area contributed by atoms with Crippen LogP contribution in [0.1, 0.15) is 41.4 Å². The normalized spacial score (nSPS) is 19.1. The van der Waals surface area contributed by atoms with Gasteiger partial charge in [0.15, 0.2) is 0 Å². The number of carbonyl (C=O) groups excluding carboxylic acids is 2. The second-order valence-corrected chi connectivity index (χ2v) is 7.15. The fraction of sp³-hybridized carbons (Fsp3) is 0.318. The lowest BCUT2D eigenvalue weighted by molar-refractivity contribution is -0.164. The average molecular weight is 393 g/mol. The number of aliphatic hydroxyl groups is 1. The van der Waals surface area contributed by atoms with Crippen LogP contribution in [0.15, 0.2) is 48.5 Å². The maximum Gasteiger partial charge on any atom is 0.255 e. The lowest BCUT2D eigenvalue weighted by atomic mass is 9.98. The van der Waals surface area contributed by atoms with Crippen LogP contribution in [0.4, 0.5) is 5.69 Å². The molecule has 1 aliphatic rings. The van der Waals surface area contributed by atoms with Gasteiger partial charge in [0, 0.05) is 17.3 Å². The summed E-state index contributed by atoms with van der Waals surface area (Å²) in [4.78, 5) is 26.2. The monoisotopic (exact) mass is 393 g/mol. The summed E-state index contributed by atoms with van der Waals surface area (Å²) in [7, 11) is 0. The van der Waals surface area contributed by atoms with Gasteiger partial charge in [-0.25, -0.2) is 0 Å². The molecule has 150 valence electrons. The van der Waals surface area contributed by atoms with Crippen molar-refractivity contribution in [3.05, 3.63) is 65.2 Å². The molecule has 1 aliphatic heterocycles. The molecule has 2 atom stereocenters. The Morgan fingerprint density at radius 3 is 2.66 bits per heavy atom. The number of benzene rings is 2. The number of rotatable bonds is 5. The van der Waals surface area contributed by atoms with Crippen molar-refractivity contribution in [1.82, 2.24) is 4.90 Å². The van der Waals surface area contributed by atoms with Crippen LogP contribution in [0.2, 0.25) is 0 Å². The molecule has 2 N–H and O–H groups in total. The number of carbonyl (C=O) groups is 2. The van der Waals surface area contributed by atoms with E-state index in [0.717, 1.165) is 5.56 Å². The Bertz CT molecular complexity index is 934. The average Bonchev–Trinajstić information content (AvgIpc) is 2.73. The number of ether oxygens (including phenoxy) is 1. The molecule has 2 aromatic carbocycles. The third-order valence-electron chi connectivity index (χ3n) is 4.88. The number of morpholine rings is 1. The Morgan fingerprint density at radius 2 is 2.03 bits per heavy atom. The maximum absolute atomic E-state index is 12.4. The van der Waals surface area contributed by atoms with E-state index < -0.39 is 12.1 Å². The fourth-order valence-corrected chi connectivity index (χ4v) is 3.54. The van der Waals surface area contributed by atoms with Crippen molar-refractivity contribution in [3.8, 4) is 6.07 Å². The second-order valence-electron chi connectivity index (χ2n) is 7.15. The molecule has 1 saturated heterocycles. The van der Waals surface area contributed by atoms with Crippen LogP contribution < -0.4 is 5.32 Å². The molecule has 2 amide bonds. The number of hydrogen-bond acceptors (Lipinski definition) is 5. The number of aliphatic hydroxyl groups excluding tert-OH is 1. The van der Waals surface area contributed by atoms with E-state index >= 15 is 0 Å². The minimum atomic E-state index is -0.467. The van der Waals surface area contributed by atoms with Crippen molar-refractivity contribution in [3.63, 3.8) is 0 Å². The van der Waals surface area contributed by atoms with Gasteiger partial charge in [-0.15, -0.1) is 0 Å². The number of nitrogens with zero attached hydrogens (tertiary/aromatic N) is 2. The van der Waals surface area contributed by atoms with Gasteiger partial charge in [-0.05, 0) is 49.7 Å². The Morgan fingerprint density at radius 1 is 1.31 bits per heavy atom. The number of hydrogen-bond donors (Lipinski definition) is 2. The molecule has 0 radical (unpaired) electrons. The molecule has 0 aliphatic carbocycles. The summed E-state index contributed by atoms with van der Waals surface area (Å²) in [6.45, 7) is 3.57. The zero-order chi connectivity index (χ0) is 21.0. The zero-order valence-electron chi connectivity index (χ0n) is 16.3. The highest BCUT2D eigenvalue weighted by molar-refractivity contribution is 6.04. The summed E-state index contributed by atoms with van der Waals surface area (Å²) in [5.41, 5.74) is 2.22. The molecule has 1 fully saturated rings. The van der Waals surface area contributed by atoms with Gasteiger partial charge in [0.2, 0.25) is 5.91 Å². The second kappa shape index (κ2) is 8.86. The summed E-state index contributed by atoms with van der Waals surface area (Å²) in [6, 6.07) is 15.1. The summed E-state index contributed by atoms with van der Waals surface area (Å²) in [5.74, 6) is -0.452. The van der Waals surface area contributed by atoms with Gasteiger partial charge in [0.05, 0.1) is 24.3 Å². The maximum atomic E-state index is 12.4. The zero-order valence-corrected chi connectivity index (χ0v) is 16.3. The van der Waals surface area contributed by atoms with Gasteiger partial charge < -0.3 is 20.1 Å². The van der Waals surface area contributed by atoms with Crippen molar-refractivity contribution in [2.45, 2.75) is 32.0 Å². The molecule has 7 nitrogen and oxygen atoms in total. The first-order valence-electron chi connectivity index (χ1n) is 9.39. The molecule has 0 bridgehead atoms.